The SMILES string of the molecule is Nc1cccn2c(CC(=O)O)nc(Br)c12. The Bertz CT molecular complexity index is 535. The number of aromatic nitrogens is 2. The van der Waals surface area contributed by atoms with E-state index in [2.05, 4.69) is 20.9 Å². The van der Waals surface area contributed by atoms with Crippen molar-refractivity contribution in [1.82, 2.24) is 9.38 Å². The van der Waals surface area contributed by atoms with Gasteiger partial charge in [-0.1, -0.05) is 0 Å². The summed E-state index contributed by atoms with van der Waals surface area (Å²) in [7, 11) is 0. The predicted octanol–water partition coefficient (Wildman–Crippen LogP) is 1.31. The molecule has 0 spiro atoms. The molecular formula is C9H8BrN3O2. The van der Waals surface area contributed by atoms with Gasteiger partial charge in [0.05, 0.1) is 5.69 Å². The molecule has 5 nitrogen and oxygen atoms in total. The van der Waals surface area contributed by atoms with Gasteiger partial charge in [0.15, 0.2) is 0 Å². The number of hydrogen-bond donors (Lipinski definition) is 2. The highest BCUT2D eigenvalue weighted by atomic mass is 79.9. The van der Waals surface area contributed by atoms with Gasteiger partial charge in [-0.25, -0.2) is 4.98 Å². The van der Waals surface area contributed by atoms with E-state index in [1.165, 1.54) is 0 Å². The average molecular weight is 270 g/mol. The number of nitrogen functional groups attached to an aromatic ring is 1. The van der Waals surface area contributed by atoms with E-state index in [1.807, 2.05) is 0 Å². The molecule has 2 aromatic heterocycles. The zero-order valence-corrected chi connectivity index (χ0v) is 9.23. The number of pyridine rings is 1. The quantitative estimate of drug-likeness (QED) is 0.862. The predicted molar refractivity (Wildman–Crippen MR) is 58.6 cm³/mol. The van der Waals surface area contributed by atoms with Gasteiger partial charge in [0.25, 0.3) is 0 Å². The Labute approximate surface area is 93.7 Å². The minimum absolute atomic E-state index is 0.129. The first kappa shape index (κ1) is 9.97. The molecular weight excluding hydrogens is 262 g/mol. The maximum absolute atomic E-state index is 10.6. The minimum Gasteiger partial charge on any atom is -0.481 e. The summed E-state index contributed by atoms with van der Waals surface area (Å²) in [6.07, 6.45) is 1.61. The minimum atomic E-state index is -0.920. The number of rotatable bonds is 2. The van der Waals surface area contributed by atoms with Crippen molar-refractivity contribution in [3.63, 3.8) is 0 Å². The van der Waals surface area contributed by atoms with Crippen LogP contribution in [0.3, 0.4) is 0 Å². The van der Waals surface area contributed by atoms with Crippen molar-refractivity contribution in [3.05, 3.63) is 28.8 Å². The standard InChI is InChI=1S/C9H8BrN3O2/c10-9-8-5(11)2-1-3-13(8)6(12-9)4-7(14)15/h1-3H,4,11H2,(H,14,15). The van der Waals surface area contributed by atoms with Crippen LogP contribution in [0.15, 0.2) is 22.9 Å². The number of anilines is 1. The monoisotopic (exact) mass is 269 g/mol. The number of fused-ring (bicyclic) bond motifs is 1. The molecule has 2 rings (SSSR count). The molecule has 15 heavy (non-hydrogen) atoms. The molecule has 0 amide bonds. The summed E-state index contributed by atoms with van der Waals surface area (Å²) >= 11 is 3.25. The van der Waals surface area contributed by atoms with E-state index in [9.17, 15) is 4.79 Å². The van der Waals surface area contributed by atoms with Gasteiger partial charge in [-0.15, -0.1) is 0 Å². The van der Waals surface area contributed by atoms with Gasteiger partial charge in [0, 0.05) is 6.20 Å². The lowest BCUT2D eigenvalue weighted by Gasteiger charge is -2.00. The fraction of sp³-hybridized carbons (Fsp3) is 0.111. The molecule has 0 aliphatic carbocycles. The summed E-state index contributed by atoms with van der Waals surface area (Å²) < 4.78 is 2.24. The van der Waals surface area contributed by atoms with Crippen LogP contribution in [-0.2, 0) is 11.2 Å². The molecule has 2 heterocycles. The molecule has 3 N–H and O–H groups in total. The van der Waals surface area contributed by atoms with Gasteiger partial charge >= 0.3 is 5.97 Å². The first-order valence-electron chi connectivity index (χ1n) is 4.22. The molecule has 2 aromatic rings. The number of nitrogens with zero attached hydrogens (tertiary/aromatic N) is 2. The number of carbonyl (C=O) groups is 1. The van der Waals surface area contributed by atoms with E-state index < -0.39 is 5.97 Å². The van der Waals surface area contributed by atoms with Crippen LogP contribution < -0.4 is 5.73 Å². The van der Waals surface area contributed by atoms with Crippen LogP contribution in [0.5, 0.6) is 0 Å². The van der Waals surface area contributed by atoms with E-state index >= 15 is 0 Å². The third kappa shape index (κ3) is 1.68. The third-order valence-corrected chi connectivity index (χ3v) is 2.59. The summed E-state index contributed by atoms with van der Waals surface area (Å²) in [5.74, 6) is -0.464. The fourth-order valence-electron chi connectivity index (χ4n) is 1.44. The van der Waals surface area contributed by atoms with Crippen LogP contribution in [0, 0.1) is 0 Å². The zero-order valence-electron chi connectivity index (χ0n) is 7.64. The molecule has 78 valence electrons. The summed E-state index contributed by atoms with van der Waals surface area (Å²) in [5, 5.41) is 8.71. The first-order valence-corrected chi connectivity index (χ1v) is 5.01. The Morgan fingerprint density at radius 1 is 1.67 bits per heavy atom. The highest BCUT2D eigenvalue weighted by Gasteiger charge is 2.13. The van der Waals surface area contributed by atoms with Crippen LogP contribution in [0.1, 0.15) is 5.82 Å². The van der Waals surface area contributed by atoms with E-state index in [4.69, 9.17) is 10.8 Å². The van der Waals surface area contributed by atoms with Crippen molar-refractivity contribution in [3.8, 4) is 0 Å². The lowest BCUT2D eigenvalue weighted by atomic mass is 10.3. The number of imidazole rings is 1. The largest absolute Gasteiger partial charge is 0.481 e. The van der Waals surface area contributed by atoms with Crippen molar-refractivity contribution in [2.24, 2.45) is 0 Å². The van der Waals surface area contributed by atoms with Crippen LogP contribution in [0.25, 0.3) is 5.52 Å². The molecule has 0 bridgehead atoms. The van der Waals surface area contributed by atoms with E-state index in [1.54, 1.807) is 22.7 Å². The van der Waals surface area contributed by atoms with Crippen molar-refractivity contribution in [2.75, 3.05) is 5.73 Å². The summed E-state index contributed by atoms with van der Waals surface area (Å²) in [5.41, 5.74) is 7.03. The number of aliphatic carboxylic acids is 1. The van der Waals surface area contributed by atoms with Crippen molar-refractivity contribution in [2.45, 2.75) is 6.42 Å². The Kier molecular flexibility index (Phi) is 2.36. The molecule has 0 saturated heterocycles. The maximum atomic E-state index is 10.6. The molecule has 0 aliphatic heterocycles. The smallest absolute Gasteiger partial charge is 0.311 e. The van der Waals surface area contributed by atoms with E-state index in [-0.39, 0.29) is 6.42 Å². The molecule has 0 aromatic carbocycles. The lowest BCUT2D eigenvalue weighted by Crippen LogP contribution is -2.04. The lowest BCUT2D eigenvalue weighted by molar-refractivity contribution is -0.136. The fourth-order valence-corrected chi connectivity index (χ4v) is 2.06. The number of hydrogen-bond acceptors (Lipinski definition) is 3. The van der Waals surface area contributed by atoms with Gasteiger partial charge in [0.1, 0.15) is 22.4 Å². The Hall–Kier alpha value is -1.56. The van der Waals surface area contributed by atoms with Crippen LogP contribution in [0.2, 0.25) is 0 Å². The number of carboxylic acids is 1. The van der Waals surface area contributed by atoms with Crippen LogP contribution >= 0.6 is 15.9 Å². The van der Waals surface area contributed by atoms with Crippen LogP contribution in [-0.4, -0.2) is 20.5 Å². The summed E-state index contributed by atoms with van der Waals surface area (Å²) in [6.45, 7) is 0. The number of halogens is 1. The number of nitrogens with two attached hydrogens (primary N) is 1. The maximum Gasteiger partial charge on any atom is 0.311 e. The highest BCUT2D eigenvalue weighted by molar-refractivity contribution is 9.10. The van der Waals surface area contributed by atoms with E-state index in [0.29, 0.717) is 21.6 Å². The van der Waals surface area contributed by atoms with Gasteiger partial charge in [-0.3, -0.25) is 4.79 Å². The van der Waals surface area contributed by atoms with Gasteiger partial charge in [-0.2, -0.15) is 0 Å². The third-order valence-electron chi connectivity index (χ3n) is 2.04. The van der Waals surface area contributed by atoms with Crippen molar-refractivity contribution >= 4 is 33.1 Å². The van der Waals surface area contributed by atoms with Gasteiger partial charge in [-0.05, 0) is 28.1 Å². The van der Waals surface area contributed by atoms with E-state index in [0.717, 1.165) is 0 Å². The molecule has 0 radical (unpaired) electrons. The molecule has 0 unspecified atom stereocenters. The normalized spacial score (nSPS) is 10.7. The van der Waals surface area contributed by atoms with Crippen molar-refractivity contribution in [1.29, 1.82) is 0 Å². The molecule has 0 saturated carbocycles. The summed E-state index contributed by atoms with van der Waals surface area (Å²) in [6, 6.07) is 3.49. The molecule has 0 aliphatic rings. The highest BCUT2D eigenvalue weighted by Crippen LogP contribution is 2.24. The Morgan fingerprint density at radius 2 is 2.40 bits per heavy atom. The van der Waals surface area contributed by atoms with Gasteiger partial charge < -0.3 is 15.2 Å². The zero-order chi connectivity index (χ0) is 11.0. The average Bonchev–Trinajstić information content (AvgIpc) is 2.44. The second-order valence-corrected chi connectivity index (χ2v) is 3.82. The first-order chi connectivity index (χ1) is 7.09. The van der Waals surface area contributed by atoms with Gasteiger partial charge in [0.2, 0.25) is 0 Å². The number of carboxylic acid groups (broad SMARTS) is 1. The molecule has 6 heteroatoms. The Balaban J connectivity index is 2.68. The van der Waals surface area contributed by atoms with Crippen LogP contribution in [0.4, 0.5) is 5.69 Å². The second kappa shape index (κ2) is 3.54. The summed E-state index contributed by atoms with van der Waals surface area (Å²) in [4.78, 5) is 14.7. The molecule has 0 fully saturated rings. The second-order valence-electron chi connectivity index (χ2n) is 3.07. The topological polar surface area (TPSA) is 80.6 Å². The Morgan fingerprint density at radius 3 is 3.07 bits per heavy atom. The molecule has 0 atom stereocenters. The van der Waals surface area contributed by atoms with Crippen molar-refractivity contribution < 1.29 is 9.90 Å².